The summed E-state index contributed by atoms with van der Waals surface area (Å²) in [4.78, 5) is 13.3. The van der Waals surface area contributed by atoms with Gasteiger partial charge in [-0.1, -0.05) is 45.2 Å². The Balaban J connectivity index is 1.93. The number of sulfonamides is 1. The van der Waals surface area contributed by atoms with Crippen molar-refractivity contribution in [3.05, 3.63) is 45.7 Å². The average Bonchev–Trinajstić information content (AvgIpc) is 3.40. The minimum absolute atomic E-state index is 0.0224. The Hall–Kier alpha value is -2.56. The molecule has 2 aromatic rings. The van der Waals surface area contributed by atoms with Crippen LogP contribution in [0.15, 0.2) is 44.2 Å². The lowest BCUT2D eigenvalue weighted by atomic mass is 9.99. The van der Waals surface area contributed by atoms with Crippen LogP contribution in [0.25, 0.3) is 0 Å². The third-order valence-corrected chi connectivity index (χ3v) is 8.35. The fourth-order valence-corrected chi connectivity index (χ4v) is 5.55. The summed E-state index contributed by atoms with van der Waals surface area (Å²) in [6, 6.07) is 6.28. The highest BCUT2D eigenvalue weighted by atomic mass is 32.2. The van der Waals surface area contributed by atoms with E-state index in [2.05, 4.69) is 28.8 Å². The Labute approximate surface area is 213 Å². The van der Waals surface area contributed by atoms with Gasteiger partial charge in [-0.05, 0) is 56.7 Å². The Morgan fingerprint density at radius 1 is 1.19 bits per heavy atom. The second-order valence-electron chi connectivity index (χ2n) is 9.41. The molecule has 2 heterocycles. The molecule has 0 saturated carbocycles. The van der Waals surface area contributed by atoms with Gasteiger partial charge in [-0.3, -0.25) is 9.36 Å². The van der Waals surface area contributed by atoms with Crippen molar-refractivity contribution in [2.45, 2.75) is 83.8 Å². The normalized spacial score (nSPS) is 17.2. The molecule has 198 valence electrons. The van der Waals surface area contributed by atoms with E-state index in [0.29, 0.717) is 24.3 Å². The standard InChI is InChI=1S/C26H38N4O5S/c1-5-7-11-20(6-2)17-30-25(31)19(4)18(3)24(26(30)32)29-28-22-13-8-9-14-23(22)36(33,34)27-16-21-12-10-15-35-21/h8-9,13-14,20-21,27,31H,5-7,10-12,15-17H2,1-4H3. The minimum Gasteiger partial charge on any atom is -0.494 e. The van der Waals surface area contributed by atoms with E-state index >= 15 is 0 Å². The Bertz CT molecular complexity index is 1230. The molecule has 2 atom stereocenters. The first-order valence-electron chi connectivity index (χ1n) is 12.7. The maximum atomic E-state index is 13.3. The van der Waals surface area contributed by atoms with Crippen molar-refractivity contribution >= 4 is 21.4 Å². The van der Waals surface area contributed by atoms with Crippen molar-refractivity contribution in [1.29, 1.82) is 0 Å². The summed E-state index contributed by atoms with van der Waals surface area (Å²) in [6.45, 7) is 8.86. The fourth-order valence-electron chi connectivity index (χ4n) is 4.35. The number of aromatic nitrogens is 1. The molecule has 1 saturated heterocycles. The number of aromatic hydroxyl groups is 1. The number of nitrogens with one attached hydrogen (secondary N) is 1. The maximum absolute atomic E-state index is 13.3. The van der Waals surface area contributed by atoms with Gasteiger partial charge in [0.1, 0.15) is 10.6 Å². The first-order valence-corrected chi connectivity index (χ1v) is 14.2. The van der Waals surface area contributed by atoms with E-state index in [0.717, 1.165) is 38.5 Å². The van der Waals surface area contributed by atoms with Gasteiger partial charge in [0.2, 0.25) is 10.0 Å². The van der Waals surface area contributed by atoms with Crippen LogP contribution in [0.3, 0.4) is 0 Å². The van der Waals surface area contributed by atoms with Crippen LogP contribution in [0.5, 0.6) is 5.88 Å². The van der Waals surface area contributed by atoms with E-state index < -0.39 is 15.6 Å². The molecule has 1 aliphatic rings. The number of ether oxygens (including phenoxy) is 1. The molecule has 1 aromatic heterocycles. The van der Waals surface area contributed by atoms with Gasteiger partial charge in [-0.25, -0.2) is 13.1 Å². The van der Waals surface area contributed by atoms with Gasteiger partial charge < -0.3 is 9.84 Å². The zero-order valence-corrected chi connectivity index (χ0v) is 22.5. The van der Waals surface area contributed by atoms with E-state index in [4.69, 9.17) is 4.74 Å². The number of nitrogens with zero attached hydrogens (tertiary/aromatic N) is 3. The Morgan fingerprint density at radius 3 is 2.61 bits per heavy atom. The molecule has 1 aliphatic heterocycles. The third-order valence-electron chi connectivity index (χ3n) is 6.88. The smallest absolute Gasteiger partial charge is 0.281 e. The molecular weight excluding hydrogens is 480 g/mol. The van der Waals surface area contributed by atoms with Crippen molar-refractivity contribution < 1.29 is 18.3 Å². The predicted molar refractivity (Wildman–Crippen MR) is 140 cm³/mol. The van der Waals surface area contributed by atoms with Crippen LogP contribution < -0.4 is 10.3 Å². The highest BCUT2D eigenvalue weighted by Gasteiger charge is 2.23. The topological polar surface area (TPSA) is 122 Å². The summed E-state index contributed by atoms with van der Waals surface area (Å²) in [7, 11) is -3.86. The number of benzene rings is 1. The molecule has 0 amide bonds. The molecule has 0 aliphatic carbocycles. The maximum Gasteiger partial charge on any atom is 0.281 e. The van der Waals surface area contributed by atoms with E-state index in [9.17, 15) is 18.3 Å². The highest BCUT2D eigenvalue weighted by Crippen LogP contribution is 2.30. The van der Waals surface area contributed by atoms with E-state index in [1.807, 2.05) is 0 Å². The minimum atomic E-state index is -3.86. The molecule has 0 radical (unpaired) electrons. The van der Waals surface area contributed by atoms with E-state index in [1.54, 1.807) is 32.0 Å². The summed E-state index contributed by atoms with van der Waals surface area (Å²) >= 11 is 0. The number of pyridine rings is 1. The fraction of sp³-hybridized carbons (Fsp3) is 0.577. The van der Waals surface area contributed by atoms with Gasteiger partial charge in [0, 0.05) is 25.3 Å². The SMILES string of the molecule is CCCCC(CC)Cn1c(O)c(C)c(C)c(N=Nc2ccccc2S(=O)(=O)NCC2CCCO2)c1=O. The first-order chi connectivity index (χ1) is 17.2. The lowest BCUT2D eigenvalue weighted by Crippen LogP contribution is -2.31. The molecule has 1 aromatic carbocycles. The van der Waals surface area contributed by atoms with E-state index in [1.165, 1.54) is 10.6 Å². The van der Waals surface area contributed by atoms with Gasteiger partial charge in [0.25, 0.3) is 5.56 Å². The molecule has 3 rings (SSSR count). The number of unbranched alkanes of at least 4 members (excludes halogenated alkanes) is 1. The van der Waals surface area contributed by atoms with Gasteiger partial charge >= 0.3 is 0 Å². The molecule has 0 bridgehead atoms. The van der Waals surface area contributed by atoms with Gasteiger partial charge in [-0.15, -0.1) is 10.2 Å². The van der Waals surface area contributed by atoms with Gasteiger partial charge in [-0.2, -0.15) is 0 Å². The molecule has 1 fully saturated rings. The third kappa shape index (κ3) is 6.60. The molecular formula is C26H38N4O5S. The number of azo groups is 1. The van der Waals surface area contributed by atoms with E-state index in [-0.39, 0.29) is 40.7 Å². The Morgan fingerprint density at radius 2 is 1.94 bits per heavy atom. The number of rotatable bonds is 12. The van der Waals surface area contributed by atoms with Crippen LogP contribution in [-0.2, 0) is 21.3 Å². The lowest BCUT2D eigenvalue weighted by molar-refractivity contribution is 0.114. The zero-order chi connectivity index (χ0) is 26.3. The predicted octanol–water partition coefficient (Wildman–Crippen LogP) is 5.26. The average molecular weight is 519 g/mol. The van der Waals surface area contributed by atoms with Crippen molar-refractivity contribution in [3.8, 4) is 5.88 Å². The lowest BCUT2D eigenvalue weighted by Gasteiger charge is -2.19. The summed E-state index contributed by atoms with van der Waals surface area (Å²) in [5.41, 5.74) is 0.841. The van der Waals surface area contributed by atoms with Gasteiger partial charge in [0.05, 0.1) is 6.10 Å². The summed E-state index contributed by atoms with van der Waals surface area (Å²) in [5, 5.41) is 19.1. The van der Waals surface area contributed by atoms with Crippen molar-refractivity contribution in [1.82, 2.24) is 9.29 Å². The summed E-state index contributed by atoms with van der Waals surface area (Å²) in [6.07, 6.45) is 5.56. The molecule has 10 heteroatoms. The van der Waals surface area contributed by atoms with Crippen molar-refractivity contribution in [2.24, 2.45) is 16.1 Å². The monoisotopic (exact) mass is 518 g/mol. The van der Waals surface area contributed by atoms with Gasteiger partial charge in [0.15, 0.2) is 11.6 Å². The van der Waals surface area contributed by atoms with Crippen LogP contribution in [0, 0.1) is 19.8 Å². The van der Waals surface area contributed by atoms with Crippen LogP contribution >= 0.6 is 0 Å². The second kappa shape index (κ2) is 12.6. The summed E-state index contributed by atoms with van der Waals surface area (Å²) < 4.78 is 35.4. The molecule has 9 nitrogen and oxygen atoms in total. The largest absolute Gasteiger partial charge is 0.494 e. The van der Waals surface area contributed by atoms with Crippen LogP contribution in [0.4, 0.5) is 11.4 Å². The van der Waals surface area contributed by atoms with Crippen LogP contribution in [-0.4, -0.2) is 37.3 Å². The zero-order valence-electron chi connectivity index (χ0n) is 21.7. The number of hydrogen-bond acceptors (Lipinski definition) is 7. The quantitative estimate of drug-likeness (QED) is 0.371. The molecule has 36 heavy (non-hydrogen) atoms. The molecule has 2 unspecified atom stereocenters. The van der Waals surface area contributed by atoms with Crippen LogP contribution in [0.2, 0.25) is 0 Å². The first kappa shape index (κ1) is 28.0. The molecule has 2 N–H and O–H groups in total. The summed E-state index contributed by atoms with van der Waals surface area (Å²) in [5.74, 6) is 0.189. The Kier molecular flexibility index (Phi) is 9.81. The highest BCUT2D eigenvalue weighted by molar-refractivity contribution is 7.89. The van der Waals surface area contributed by atoms with Crippen molar-refractivity contribution in [2.75, 3.05) is 13.2 Å². The molecule has 0 spiro atoms. The number of hydrogen-bond donors (Lipinski definition) is 2. The van der Waals surface area contributed by atoms with Crippen LogP contribution in [0.1, 0.15) is 63.5 Å². The second-order valence-corrected chi connectivity index (χ2v) is 11.1. The van der Waals surface area contributed by atoms with Crippen molar-refractivity contribution in [3.63, 3.8) is 0 Å².